The van der Waals surface area contributed by atoms with E-state index in [1.54, 1.807) is 5.01 Å². The van der Waals surface area contributed by atoms with Crippen molar-refractivity contribution in [3.05, 3.63) is 60.4 Å². The fourth-order valence-electron chi connectivity index (χ4n) is 1.81. The molecule has 0 radical (unpaired) electrons. The topological polar surface area (TPSA) is 41.6 Å². The van der Waals surface area contributed by atoms with Gasteiger partial charge in [-0.1, -0.05) is 18.2 Å². The molecule has 0 fully saturated rings. The van der Waals surface area contributed by atoms with Crippen LogP contribution in [0.3, 0.4) is 0 Å². The number of carbonyl (C=O) groups is 1. The number of halogens is 1. The summed E-state index contributed by atoms with van der Waals surface area (Å²) < 4.78 is 17.9. The summed E-state index contributed by atoms with van der Waals surface area (Å²) in [4.78, 5) is 11.9. The average Bonchev–Trinajstić information content (AvgIpc) is 2.48. The van der Waals surface area contributed by atoms with E-state index in [1.807, 2.05) is 44.2 Å². The van der Waals surface area contributed by atoms with Gasteiger partial charge in [0.2, 0.25) is 0 Å². The van der Waals surface area contributed by atoms with E-state index in [0.29, 0.717) is 0 Å². The number of rotatable bonds is 4. The number of ether oxygens (including phenoxy) is 1. The van der Waals surface area contributed by atoms with Crippen LogP contribution in [0.5, 0.6) is 5.75 Å². The Morgan fingerprint density at radius 1 is 1.10 bits per heavy atom. The Kier molecular flexibility index (Phi) is 4.77. The number of amides is 1. The predicted octanol–water partition coefficient (Wildman–Crippen LogP) is 3.74. The van der Waals surface area contributed by atoms with Crippen LogP contribution in [0.15, 0.2) is 54.6 Å². The second-order valence-corrected chi connectivity index (χ2v) is 4.75. The molecule has 110 valence electrons. The zero-order valence-corrected chi connectivity index (χ0v) is 11.9. The maximum absolute atomic E-state index is 12.8. The summed E-state index contributed by atoms with van der Waals surface area (Å²) in [7, 11) is 0. The minimum atomic E-state index is -0.626. The highest BCUT2D eigenvalue weighted by Gasteiger charge is 2.14. The van der Waals surface area contributed by atoms with Gasteiger partial charge >= 0.3 is 6.09 Å². The third-order valence-corrected chi connectivity index (χ3v) is 2.79. The summed E-state index contributed by atoms with van der Waals surface area (Å²) in [5, 5.41) is 1.70. The molecule has 0 aromatic heterocycles. The number of anilines is 1. The molecule has 0 aliphatic carbocycles. The highest BCUT2D eigenvalue weighted by molar-refractivity contribution is 5.72. The van der Waals surface area contributed by atoms with E-state index >= 15 is 0 Å². The van der Waals surface area contributed by atoms with E-state index < -0.39 is 6.09 Å². The largest absolute Gasteiger partial charge is 0.431 e. The average molecular weight is 288 g/mol. The van der Waals surface area contributed by atoms with Gasteiger partial charge in [0.15, 0.2) is 0 Å². The molecule has 2 aromatic rings. The highest BCUT2D eigenvalue weighted by Crippen LogP contribution is 2.15. The molecular formula is C16H17FN2O2. The van der Waals surface area contributed by atoms with E-state index in [1.165, 1.54) is 24.3 Å². The lowest BCUT2D eigenvalue weighted by atomic mass is 10.3. The van der Waals surface area contributed by atoms with E-state index in [4.69, 9.17) is 4.74 Å². The van der Waals surface area contributed by atoms with Crippen LogP contribution in [0.2, 0.25) is 0 Å². The minimum absolute atomic E-state index is 0.0492. The maximum atomic E-state index is 12.8. The van der Waals surface area contributed by atoms with Gasteiger partial charge in [-0.25, -0.2) is 14.6 Å². The summed E-state index contributed by atoms with van der Waals surface area (Å²) in [5.41, 5.74) is 3.52. The van der Waals surface area contributed by atoms with Crippen molar-refractivity contribution >= 4 is 11.8 Å². The molecule has 2 aromatic carbocycles. The Balaban J connectivity index is 2.03. The van der Waals surface area contributed by atoms with Crippen molar-refractivity contribution in [3.63, 3.8) is 0 Å². The number of para-hydroxylation sites is 1. The fourth-order valence-corrected chi connectivity index (χ4v) is 1.81. The van der Waals surface area contributed by atoms with Crippen LogP contribution in [-0.4, -0.2) is 12.1 Å². The van der Waals surface area contributed by atoms with Crippen molar-refractivity contribution in [2.24, 2.45) is 0 Å². The number of hydrogen-bond acceptors (Lipinski definition) is 3. The number of carbonyl (C=O) groups excluding carboxylic acids is 1. The molecular weight excluding hydrogens is 271 g/mol. The molecule has 4 nitrogen and oxygen atoms in total. The molecule has 1 amide bonds. The summed E-state index contributed by atoms with van der Waals surface area (Å²) in [6.45, 7) is 3.90. The third-order valence-electron chi connectivity index (χ3n) is 2.79. The Labute approximate surface area is 123 Å². The molecule has 21 heavy (non-hydrogen) atoms. The smallest absolute Gasteiger partial charge is 0.409 e. The number of hydrogen-bond donors (Lipinski definition) is 1. The van der Waals surface area contributed by atoms with Gasteiger partial charge in [0.05, 0.1) is 5.69 Å². The van der Waals surface area contributed by atoms with Gasteiger partial charge in [0, 0.05) is 6.04 Å². The quantitative estimate of drug-likeness (QED) is 0.871. The minimum Gasteiger partial charge on any atom is -0.409 e. The molecule has 0 unspecified atom stereocenters. The lowest BCUT2D eigenvalue weighted by Gasteiger charge is -2.28. The Bertz CT molecular complexity index is 585. The zero-order valence-electron chi connectivity index (χ0n) is 11.9. The SMILES string of the molecule is CC(C)N(NC(=O)Oc1ccc(F)cc1)c1ccccc1. The third kappa shape index (κ3) is 4.21. The predicted molar refractivity (Wildman–Crippen MR) is 79.6 cm³/mol. The summed E-state index contributed by atoms with van der Waals surface area (Å²) >= 11 is 0. The molecule has 0 atom stereocenters. The first-order valence-corrected chi connectivity index (χ1v) is 6.64. The van der Waals surface area contributed by atoms with Crippen molar-refractivity contribution in [3.8, 4) is 5.75 Å². The normalized spacial score (nSPS) is 10.3. The van der Waals surface area contributed by atoms with Crippen molar-refractivity contribution in [1.29, 1.82) is 0 Å². The Hall–Kier alpha value is -2.56. The molecule has 0 saturated carbocycles. The second kappa shape index (κ2) is 6.74. The number of hydrazine groups is 1. The highest BCUT2D eigenvalue weighted by atomic mass is 19.1. The number of nitrogens with zero attached hydrogens (tertiary/aromatic N) is 1. The van der Waals surface area contributed by atoms with E-state index in [0.717, 1.165) is 5.69 Å². The van der Waals surface area contributed by atoms with Gasteiger partial charge in [-0.05, 0) is 50.2 Å². The fraction of sp³-hybridized carbons (Fsp3) is 0.188. The van der Waals surface area contributed by atoms with Crippen LogP contribution in [0, 0.1) is 5.82 Å². The maximum Gasteiger partial charge on any atom is 0.431 e. The van der Waals surface area contributed by atoms with E-state index in [-0.39, 0.29) is 17.6 Å². The van der Waals surface area contributed by atoms with Gasteiger partial charge < -0.3 is 4.74 Å². The van der Waals surface area contributed by atoms with Crippen molar-refractivity contribution in [2.45, 2.75) is 19.9 Å². The van der Waals surface area contributed by atoms with Crippen LogP contribution in [-0.2, 0) is 0 Å². The molecule has 0 aliphatic heterocycles. The monoisotopic (exact) mass is 288 g/mol. The molecule has 0 aliphatic rings. The van der Waals surface area contributed by atoms with E-state index in [9.17, 15) is 9.18 Å². The lowest BCUT2D eigenvalue weighted by molar-refractivity contribution is 0.198. The molecule has 0 saturated heterocycles. The van der Waals surface area contributed by atoms with Crippen LogP contribution >= 0.6 is 0 Å². The van der Waals surface area contributed by atoms with Crippen LogP contribution in [0.25, 0.3) is 0 Å². The second-order valence-electron chi connectivity index (χ2n) is 4.75. The molecule has 0 spiro atoms. The first-order valence-electron chi connectivity index (χ1n) is 6.64. The van der Waals surface area contributed by atoms with Gasteiger partial charge in [0.1, 0.15) is 11.6 Å². The van der Waals surface area contributed by atoms with Gasteiger partial charge in [0.25, 0.3) is 0 Å². The molecule has 2 rings (SSSR count). The molecule has 1 N–H and O–H groups in total. The molecule has 0 heterocycles. The van der Waals surface area contributed by atoms with Gasteiger partial charge in [-0.15, -0.1) is 0 Å². The first kappa shape index (κ1) is 14.8. The first-order chi connectivity index (χ1) is 10.1. The standard InChI is InChI=1S/C16H17FN2O2/c1-12(2)19(14-6-4-3-5-7-14)18-16(20)21-15-10-8-13(17)9-11-15/h3-12H,1-2H3,(H,18,20). The van der Waals surface area contributed by atoms with Crippen molar-refractivity contribution in [2.75, 3.05) is 5.01 Å². The van der Waals surface area contributed by atoms with Gasteiger partial charge in [-0.3, -0.25) is 5.01 Å². The van der Waals surface area contributed by atoms with Crippen LogP contribution in [0.1, 0.15) is 13.8 Å². The van der Waals surface area contributed by atoms with Gasteiger partial charge in [-0.2, -0.15) is 0 Å². The Morgan fingerprint density at radius 3 is 2.29 bits per heavy atom. The van der Waals surface area contributed by atoms with Crippen molar-refractivity contribution in [1.82, 2.24) is 5.43 Å². The van der Waals surface area contributed by atoms with Crippen LogP contribution in [0.4, 0.5) is 14.9 Å². The zero-order chi connectivity index (χ0) is 15.2. The van der Waals surface area contributed by atoms with Crippen LogP contribution < -0.4 is 15.2 Å². The Morgan fingerprint density at radius 2 is 1.71 bits per heavy atom. The number of benzene rings is 2. The van der Waals surface area contributed by atoms with E-state index in [2.05, 4.69) is 5.43 Å². The summed E-state index contributed by atoms with van der Waals surface area (Å²) in [5.74, 6) is -0.0958. The molecule has 0 bridgehead atoms. The lowest BCUT2D eigenvalue weighted by Crippen LogP contribution is -2.47. The summed E-state index contributed by atoms with van der Waals surface area (Å²) in [6.07, 6.45) is -0.626. The molecule has 5 heteroatoms. The van der Waals surface area contributed by atoms with Crippen molar-refractivity contribution < 1.29 is 13.9 Å². The number of nitrogens with one attached hydrogen (secondary N) is 1. The summed E-state index contributed by atoms with van der Waals surface area (Å²) in [6, 6.07) is 14.8.